The summed E-state index contributed by atoms with van der Waals surface area (Å²) in [7, 11) is 0. The molecule has 0 bridgehead atoms. The van der Waals surface area contributed by atoms with E-state index in [4.69, 9.17) is 9.57 Å². The van der Waals surface area contributed by atoms with E-state index in [1.807, 2.05) is 39.4 Å². The van der Waals surface area contributed by atoms with E-state index in [1.165, 1.54) is 0 Å². The van der Waals surface area contributed by atoms with Crippen LogP contribution >= 0.6 is 0 Å². The van der Waals surface area contributed by atoms with Crippen molar-refractivity contribution < 1.29 is 19.8 Å². The Kier molecular flexibility index (Phi) is 8.57. The first kappa shape index (κ1) is 30.1. The Labute approximate surface area is 256 Å². The lowest BCUT2D eigenvalue weighted by Gasteiger charge is -2.32. The number of rotatable bonds is 10. The van der Waals surface area contributed by atoms with Gasteiger partial charge in [-0.2, -0.15) is 5.10 Å². The Morgan fingerprint density at radius 1 is 1.05 bits per heavy atom. The Hall–Kier alpha value is -3.99. The number of benzene rings is 2. The summed E-state index contributed by atoms with van der Waals surface area (Å²) in [6.07, 6.45) is 6.24. The number of amidine groups is 1. The van der Waals surface area contributed by atoms with Crippen LogP contribution in [0.1, 0.15) is 81.3 Å². The van der Waals surface area contributed by atoms with Crippen LogP contribution in [0.3, 0.4) is 0 Å². The van der Waals surface area contributed by atoms with Gasteiger partial charge in [-0.25, -0.2) is 4.52 Å². The molecule has 0 spiro atoms. The van der Waals surface area contributed by atoms with Gasteiger partial charge in [0.1, 0.15) is 5.65 Å². The highest BCUT2D eigenvalue weighted by Crippen LogP contribution is 2.32. The molecule has 1 atom stereocenters. The lowest BCUT2D eigenvalue weighted by atomic mass is 9.92. The molecular weight excluding hydrogens is 558 g/mol. The minimum Gasteiger partial charge on any atom is -0.388 e. The molecule has 1 fully saturated rings. The number of hydrogen-bond donors (Lipinski definition) is 3. The third-order valence-electron chi connectivity index (χ3n) is 8.45. The zero-order valence-electron chi connectivity index (χ0n) is 25.6. The van der Waals surface area contributed by atoms with E-state index in [-0.39, 0.29) is 17.7 Å². The second-order valence-corrected chi connectivity index (χ2v) is 12.5. The van der Waals surface area contributed by atoms with Crippen molar-refractivity contribution in [1.82, 2.24) is 19.5 Å². The van der Waals surface area contributed by atoms with Crippen LogP contribution in [-0.4, -0.2) is 55.0 Å². The summed E-state index contributed by atoms with van der Waals surface area (Å²) in [5.74, 6) is 0.479. The fourth-order valence-corrected chi connectivity index (χ4v) is 6.35. The van der Waals surface area contributed by atoms with Crippen LogP contribution in [-0.2, 0) is 22.4 Å². The van der Waals surface area contributed by atoms with Crippen LogP contribution in [0.5, 0.6) is 0 Å². The molecule has 0 amide bonds. The molecule has 1 aliphatic carbocycles. The predicted molar refractivity (Wildman–Crippen MR) is 168 cm³/mol. The smallest absolute Gasteiger partial charge is 0.304 e. The van der Waals surface area contributed by atoms with Crippen molar-refractivity contribution in [3.63, 3.8) is 0 Å². The number of nitrogens with zero attached hydrogens (tertiary/aromatic N) is 4. The quantitative estimate of drug-likeness (QED) is 0.245. The Morgan fingerprint density at radius 3 is 2.43 bits per heavy atom. The monoisotopic (exact) mass is 599 g/mol. The van der Waals surface area contributed by atoms with E-state index < -0.39 is 12.0 Å². The zero-order chi connectivity index (χ0) is 30.8. The molecule has 2 aromatic carbocycles. The van der Waals surface area contributed by atoms with Crippen molar-refractivity contribution in [1.29, 1.82) is 0 Å². The van der Waals surface area contributed by atoms with Crippen LogP contribution in [0, 0.1) is 0 Å². The van der Waals surface area contributed by atoms with Crippen molar-refractivity contribution in [2.45, 2.75) is 89.9 Å². The van der Waals surface area contributed by atoms with Crippen LogP contribution < -0.4 is 10.9 Å². The Morgan fingerprint density at radius 2 is 1.77 bits per heavy atom. The van der Waals surface area contributed by atoms with Gasteiger partial charge in [-0.05, 0) is 62.6 Å². The average molecular weight is 600 g/mol. The number of aryl methyl sites for hydroxylation is 1. The molecule has 232 valence electrons. The first-order valence-corrected chi connectivity index (χ1v) is 15.5. The predicted octanol–water partition coefficient (Wildman–Crippen LogP) is 4.53. The van der Waals surface area contributed by atoms with Crippen LogP contribution in [0.15, 0.2) is 70.7 Å². The molecule has 1 saturated carbocycles. The lowest BCUT2D eigenvalue weighted by molar-refractivity contribution is -0.0896. The van der Waals surface area contributed by atoms with Gasteiger partial charge >= 0.3 is 6.41 Å². The first-order valence-electron chi connectivity index (χ1n) is 15.5. The molecule has 10 nitrogen and oxygen atoms in total. The van der Waals surface area contributed by atoms with Crippen LogP contribution in [0.25, 0.3) is 16.8 Å². The van der Waals surface area contributed by atoms with Crippen LogP contribution in [0.2, 0.25) is 0 Å². The lowest BCUT2D eigenvalue weighted by Crippen LogP contribution is -2.36. The molecule has 2 aromatic heterocycles. The minimum atomic E-state index is -1.16. The average Bonchev–Trinajstić information content (AvgIpc) is 3.68. The number of aliphatic hydroxyl groups is 2. The van der Waals surface area contributed by atoms with Crippen molar-refractivity contribution in [3.05, 3.63) is 93.5 Å². The number of aliphatic hydroxyl groups excluding tert-OH is 1. The third kappa shape index (κ3) is 6.29. The molecule has 0 radical (unpaired) electrons. The summed E-state index contributed by atoms with van der Waals surface area (Å²) in [6.45, 7) is 5.94. The van der Waals surface area contributed by atoms with Gasteiger partial charge in [-0.3, -0.25) is 9.36 Å². The molecule has 44 heavy (non-hydrogen) atoms. The largest absolute Gasteiger partial charge is 0.388 e. The Bertz CT molecular complexity index is 1690. The van der Waals surface area contributed by atoms with Crippen molar-refractivity contribution >= 4 is 11.5 Å². The molecular formula is C34H41N5O5. The van der Waals surface area contributed by atoms with Gasteiger partial charge in [0.25, 0.3) is 5.56 Å². The van der Waals surface area contributed by atoms with E-state index in [0.717, 1.165) is 77.7 Å². The maximum Gasteiger partial charge on any atom is 0.304 e. The second-order valence-electron chi connectivity index (χ2n) is 12.5. The first-order chi connectivity index (χ1) is 21.2. The molecule has 4 aromatic rings. The molecule has 1 unspecified atom stereocenters. The standard InChI is InChI=1S/C34H41N5O5/c1-4-7-29-28(20-22-10-12-23(13-11-22)26-8-5-6-9-27(26)31-36-33(41)44-37-31)32(40)38(30-18-19-35-39(29)30)24-14-16-25(17-15-24)43-21-34(2,3)42/h5-6,8-13,18-19,24-25,33,41-42H,4,7,14-17,20-21H2,1-3H3,(H,36,37)/t24-,25-,33?. The van der Waals surface area contributed by atoms with Gasteiger partial charge in [0.05, 0.1) is 30.2 Å². The van der Waals surface area contributed by atoms with Crippen molar-refractivity contribution in [3.8, 4) is 11.1 Å². The highest BCUT2D eigenvalue weighted by atomic mass is 16.7. The molecule has 6 rings (SSSR count). The molecule has 0 saturated heterocycles. The van der Waals surface area contributed by atoms with Gasteiger partial charge in [-0.15, -0.1) is 0 Å². The third-order valence-corrected chi connectivity index (χ3v) is 8.45. The highest BCUT2D eigenvalue weighted by Gasteiger charge is 2.29. The number of ether oxygens (including phenoxy) is 1. The van der Waals surface area contributed by atoms with Gasteiger partial charge < -0.3 is 25.1 Å². The van der Waals surface area contributed by atoms with Gasteiger partial charge in [0, 0.05) is 29.7 Å². The molecule has 1 aliphatic heterocycles. The van der Waals surface area contributed by atoms with E-state index in [2.05, 4.69) is 46.8 Å². The molecule has 3 N–H and O–H groups in total. The molecule has 10 heteroatoms. The van der Waals surface area contributed by atoms with Gasteiger partial charge in [0.15, 0.2) is 5.84 Å². The number of aromatic nitrogens is 3. The van der Waals surface area contributed by atoms with Gasteiger partial charge in [-0.1, -0.05) is 67.0 Å². The number of fused-ring (bicyclic) bond motifs is 1. The molecule has 2 aliphatic rings. The number of oxime groups is 1. The maximum absolute atomic E-state index is 14.3. The topological polar surface area (TPSA) is 123 Å². The van der Waals surface area contributed by atoms with E-state index in [1.54, 1.807) is 20.0 Å². The van der Waals surface area contributed by atoms with E-state index in [0.29, 0.717) is 18.9 Å². The highest BCUT2D eigenvalue weighted by molar-refractivity contribution is 6.04. The fourth-order valence-electron chi connectivity index (χ4n) is 6.35. The Balaban J connectivity index is 1.29. The van der Waals surface area contributed by atoms with Gasteiger partial charge in [0.2, 0.25) is 0 Å². The molecule has 3 heterocycles. The van der Waals surface area contributed by atoms with Crippen LogP contribution in [0.4, 0.5) is 0 Å². The summed E-state index contributed by atoms with van der Waals surface area (Å²) < 4.78 is 9.92. The van der Waals surface area contributed by atoms with Crippen molar-refractivity contribution in [2.24, 2.45) is 5.16 Å². The number of hydrogen-bond acceptors (Lipinski definition) is 8. The fraction of sp³-hybridized carbons (Fsp3) is 0.441. The second kappa shape index (κ2) is 12.6. The maximum atomic E-state index is 14.3. The summed E-state index contributed by atoms with van der Waals surface area (Å²) >= 11 is 0. The van der Waals surface area contributed by atoms with Crippen molar-refractivity contribution in [2.75, 3.05) is 6.61 Å². The number of nitrogens with one attached hydrogen (secondary N) is 1. The zero-order valence-corrected chi connectivity index (χ0v) is 25.6. The SMILES string of the molecule is CCCc1c(Cc2ccc(-c3ccccc3C3=NOC(O)N3)cc2)c(=O)n([C@H]2CC[C@H](OCC(C)(C)O)CC2)c2ccnn12. The summed E-state index contributed by atoms with van der Waals surface area (Å²) in [4.78, 5) is 19.3. The minimum absolute atomic E-state index is 0.0561. The van der Waals surface area contributed by atoms with E-state index in [9.17, 15) is 15.0 Å². The summed E-state index contributed by atoms with van der Waals surface area (Å²) in [5.41, 5.74) is 5.61. The normalized spacial score (nSPS) is 20.4. The summed E-state index contributed by atoms with van der Waals surface area (Å²) in [5, 5.41) is 31.2. The van der Waals surface area contributed by atoms with E-state index >= 15 is 0 Å². The summed E-state index contributed by atoms with van der Waals surface area (Å²) in [6, 6.07) is 18.1.